The maximum absolute atomic E-state index is 2.85. The van der Waals surface area contributed by atoms with E-state index in [1.165, 1.54) is 12.8 Å². The van der Waals surface area contributed by atoms with E-state index >= 15 is 0 Å². The van der Waals surface area contributed by atoms with Crippen LogP contribution in [-0.2, 0) is 0 Å². The normalized spacial score (nSPS) is 37.9. The molecule has 2 atom stereocenters. The van der Waals surface area contributed by atoms with Crippen molar-refractivity contribution in [1.29, 1.82) is 0 Å². The Morgan fingerprint density at radius 2 is 1.93 bits per heavy atom. The van der Waals surface area contributed by atoms with Crippen LogP contribution in [0.3, 0.4) is 0 Å². The Morgan fingerprint density at radius 3 is 2.57 bits per heavy atom. The van der Waals surface area contributed by atoms with Crippen LogP contribution in [-0.4, -0.2) is 22.2 Å². The second-order valence-corrected chi connectivity index (χ2v) is 12.8. The number of hydrogen-bond acceptors (Lipinski definition) is 0. The van der Waals surface area contributed by atoms with Gasteiger partial charge in [-0.15, -0.1) is 0 Å². The molecule has 0 aromatic rings. The summed E-state index contributed by atoms with van der Waals surface area (Å²) in [5, 5.41) is 0. The topological polar surface area (TPSA) is 0 Å². The van der Waals surface area contributed by atoms with Crippen molar-refractivity contribution >= 4 is 29.9 Å². The van der Waals surface area contributed by atoms with Crippen molar-refractivity contribution in [1.82, 2.24) is 0 Å². The fourth-order valence-electron chi connectivity index (χ4n) is 3.62. The van der Waals surface area contributed by atoms with E-state index in [1.807, 2.05) is 0 Å². The van der Waals surface area contributed by atoms with Gasteiger partial charge < -0.3 is 0 Å². The van der Waals surface area contributed by atoms with E-state index in [9.17, 15) is 0 Å². The maximum atomic E-state index is 2.85. The fourth-order valence-corrected chi connectivity index (χ4v) is 12.9. The van der Waals surface area contributed by atoms with Gasteiger partial charge in [0.25, 0.3) is 0 Å². The van der Waals surface area contributed by atoms with Crippen LogP contribution in [0.1, 0.15) is 45.4 Å². The second-order valence-electron chi connectivity index (χ2n) is 5.41. The van der Waals surface area contributed by atoms with Gasteiger partial charge in [-0.3, -0.25) is 0 Å². The molecule has 14 heavy (non-hydrogen) atoms. The monoisotopic (exact) mass is 326 g/mol. The van der Waals surface area contributed by atoms with Gasteiger partial charge in [0.2, 0.25) is 0 Å². The van der Waals surface area contributed by atoms with Gasteiger partial charge in [-0.05, 0) is 0 Å². The van der Waals surface area contributed by atoms with E-state index in [4.69, 9.17) is 0 Å². The zero-order valence-electron chi connectivity index (χ0n) is 9.40. The molecule has 0 saturated carbocycles. The van der Waals surface area contributed by atoms with Crippen LogP contribution >= 0.6 is 29.9 Å². The van der Waals surface area contributed by atoms with Crippen molar-refractivity contribution in [2.75, 3.05) is 18.5 Å². The number of halogens is 1. The zero-order chi connectivity index (χ0) is 10.0. The molecule has 2 aliphatic rings. The van der Waals surface area contributed by atoms with Gasteiger partial charge in [-0.2, -0.15) is 0 Å². The zero-order valence-corrected chi connectivity index (χ0v) is 12.6. The van der Waals surface area contributed by atoms with Crippen LogP contribution in [0.5, 0.6) is 0 Å². The molecule has 0 nitrogen and oxygen atoms in total. The first-order valence-corrected chi connectivity index (χ1v) is 10.4. The Kier molecular flexibility index (Phi) is 4.15. The Bertz CT molecular complexity index is 187. The van der Waals surface area contributed by atoms with E-state index < -0.39 is 7.26 Å². The van der Waals surface area contributed by atoms with E-state index in [0.29, 0.717) is 0 Å². The summed E-state index contributed by atoms with van der Waals surface area (Å²) in [4.78, 5) is 0. The quantitative estimate of drug-likeness (QED) is 0.407. The summed E-state index contributed by atoms with van der Waals surface area (Å²) in [5.74, 6) is 1.13. The Labute approximate surface area is 103 Å². The van der Waals surface area contributed by atoms with Crippen LogP contribution < -0.4 is 0 Å². The van der Waals surface area contributed by atoms with Gasteiger partial charge >= 0.3 is 103 Å². The summed E-state index contributed by atoms with van der Waals surface area (Å²) in [6.07, 6.45) is 14.2. The van der Waals surface area contributed by atoms with Gasteiger partial charge in [0, 0.05) is 0 Å². The molecule has 0 bridgehead atoms. The van der Waals surface area contributed by atoms with Gasteiger partial charge in [0.15, 0.2) is 0 Å². The van der Waals surface area contributed by atoms with Crippen molar-refractivity contribution in [3.8, 4) is 0 Å². The molecule has 2 aliphatic heterocycles. The number of hydrogen-bond donors (Lipinski definition) is 0. The molecule has 2 heterocycles. The standard InChI is InChI=1S/C12H24IP/c1-2-3-6-11-7-10-14(12(11)13)8-4-5-9-14/h11-12,14H,2-10H2,1H3. The van der Waals surface area contributed by atoms with Gasteiger partial charge in [0.1, 0.15) is 0 Å². The van der Waals surface area contributed by atoms with Crippen molar-refractivity contribution in [2.24, 2.45) is 5.92 Å². The predicted molar refractivity (Wildman–Crippen MR) is 77.6 cm³/mol. The summed E-state index contributed by atoms with van der Waals surface area (Å²) < 4.78 is 1.15. The molecule has 2 heteroatoms. The SMILES string of the molecule is CCCCC1CC[PH]2(CCCC2)C1I. The van der Waals surface area contributed by atoms with Crippen LogP contribution in [0, 0.1) is 5.92 Å². The summed E-state index contributed by atoms with van der Waals surface area (Å²) in [6.45, 7) is 2.33. The molecular weight excluding hydrogens is 302 g/mol. The van der Waals surface area contributed by atoms with E-state index in [-0.39, 0.29) is 0 Å². The minimum atomic E-state index is -0.699. The van der Waals surface area contributed by atoms with Crippen LogP contribution in [0.15, 0.2) is 0 Å². The molecule has 2 rings (SSSR count). The number of unbranched alkanes of at least 4 members (excludes halogenated alkanes) is 1. The number of alkyl halides is 1. The van der Waals surface area contributed by atoms with Gasteiger partial charge in [-0.25, -0.2) is 0 Å². The average Bonchev–Trinajstić information content (AvgIpc) is 2.77. The molecule has 2 saturated heterocycles. The summed E-state index contributed by atoms with van der Waals surface area (Å²) in [5.41, 5.74) is 0. The second kappa shape index (κ2) is 4.99. The molecule has 2 unspecified atom stereocenters. The van der Waals surface area contributed by atoms with E-state index in [1.54, 1.807) is 44.2 Å². The third-order valence-corrected chi connectivity index (χ3v) is 15.1. The summed E-state index contributed by atoms with van der Waals surface area (Å²) in [6, 6.07) is 0. The van der Waals surface area contributed by atoms with Gasteiger partial charge in [-0.1, -0.05) is 0 Å². The first-order chi connectivity index (χ1) is 6.78. The molecule has 0 aromatic carbocycles. The minimum absolute atomic E-state index is 0.699. The van der Waals surface area contributed by atoms with Crippen LogP contribution in [0.4, 0.5) is 0 Å². The van der Waals surface area contributed by atoms with Gasteiger partial charge in [0.05, 0.1) is 0 Å². The Morgan fingerprint density at radius 1 is 1.21 bits per heavy atom. The predicted octanol–water partition coefficient (Wildman–Crippen LogP) is 4.50. The van der Waals surface area contributed by atoms with E-state index in [0.717, 1.165) is 9.58 Å². The third kappa shape index (κ3) is 2.14. The Balaban J connectivity index is 1.92. The first-order valence-electron chi connectivity index (χ1n) is 6.42. The molecule has 84 valence electrons. The van der Waals surface area contributed by atoms with Crippen molar-refractivity contribution in [2.45, 2.75) is 49.1 Å². The van der Waals surface area contributed by atoms with Crippen LogP contribution in [0.25, 0.3) is 0 Å². The fraction of sp³-hybridized carbons (Fsp3) is 1.00. The van der Waals surface area contributed by atoms with Crippen molar-refractivity contribution in [3.05, 3.63) is 0 Å². The Hall–Kier alpha value is 1.16. The molecule has 0 amide bonds. The summed E-state index contributed by atoms with van der Waals surface area (Å²) in [7, 11) is -0.699. The number of rotatable bonds is 3. The molecule has 1 spiro atoms. The average molecular weight is 326 g/mol. The third-order valence-electron chi connectivity index (χ3n) is 4.54. The molecule has 0 N–H and O–H groups in total. The van der Waals surface area contributed by atoms with Crippen molar-refractivity contribution in [3.63, 3.8) is 0 Å². The van der Waals surface area contributed by atoms with E-state index in [2.05, 4.69) is 29.5 Å². The first kappa shape index (κ1) is 11.6. The molecule has 0 radical (unpaired) electrons. The van der Waals surface area contributed by atoms with Crippen LogP contribution in [0.2, 0.25) is 0 Å². The molecule has 2 fully saturated rings. The molecule has 0 aliphatic carbocycles. The summed E-state index contributed by atoms with van der Waals surface area (Å²) >= 11 is 2.85. The molecular formula is C12H24IP. The molecule has 0 aromatic heterocycles. The van der Waals surface area contributed by atoms with Crippen molar-refractivity contribution < 1.29 is 0 Å².